The van der Waals surface area contributed by atoms with Crippen molar-refractivity contribution in [2.24, 2.45) is 0 Å². The number of H-pyrrole nitrogens is 1. The smallest absolute Gasteiger partial charge is 0.348 e. The van der Waals surface area contributed by atoms with Crippen LogP contribution >= 0.6 is 23.2 Å². The number of amides is 1. The number of nitrogens with one attached hydrogen (secondary N) is 2. The summed E-state index contributed by atoms with van der Waals surface area (Å²) < 4.78 is 20.1. The van der Waals surface area contributed by atoms with Gasteiger partial charge in [-0.15, -0.1) is 5.10 Å². The summed E-state index contributed by atoms with van der Waals surface area (Å²) in [5.41, 5.74) is 3.78. The number of nitrogens with zero attached hydrogens (tertiary/aromatic N) is 3. The molecule has 0 bridgehead atoms. The predicted molar refractivity (Wildman–Crippen MR) is 147 cm³/mol. The van der Waals surface area contributed by atoms with Crippen molar-refractivity contribution < 1.29 is 23.8 Å². The minimum atomic E-state index is -1.58. The molecule has 13 heteroatoms. The van der Waals surface area contributed by atoms with Crippen LogP contribution in [0.15, 0.2) is 71.5 Å². The first kappa shape index (κ1) is 29.0. The molecule has 40 heavy (non-hydrogen) atoms. The molecule has 1 unspecified atom stereocenters. The van der Waals surface area contributed by atoms with Gasteiger partial charge >= 0.3 is 17.6 Å². The van der Waals surface area contributed by atoms with Crippen LogP contribution in [0.3, 0.4) is 0 Å². The first-order chi connectivity index (χ1) is 19.1. The number of carbonyl (C=O) groups excluding carboxylic acids is 2. The van der Waals surface area contributed by atoms with Crippen LogP contribution in [0.1, 0.15) is 23.1 Å². The molecule has 1 aromatic heterocycles. The van der Waals surface area contributed by atoms with E-state index in [4.69, 9.17) is 27.9 Å². The minimum absolute atomic E-state index is 0.0275. The van der Waals surface area contributed by atoms with E-state index < -0.39 is 29.5 Å². The van der Waals surface area contributed by atoms with Crippen LogP contribution in [0.5, 0.6) is 0 Å². The summed E-state index contributed by atoms with van der Waals surface area (Å²) in [6.45, 7) is 1.35. The van der Waals surface area contributed by atoms with E-state index in [9.17, 15) is 23.9 Å². The molecule has 1 heterocycles. The number of aromatic amines is 1. The van der Waals surface area contributed by atoms with E-state index in [1.165, 1.54) is 29.3 Å². The highest BCUT2D eigenvalue weighted by molar-refractivity contribution is 6.31. The highest BCUT2D eigenvalue weighted by Crippen LogP contribution is 2.26. The van der Waals surface area contributed by atoms with Crippen LogP contribution in [0.2, 0.25) is 10.0 Å². The van der Waals surface area contributed by atoms with E-state index in [-0.39, 0.29) is 25.5 Å². The fraction of sp³-hybridized carbons (Fsp3) is 0.185. The lowest BCUT2D eigenvalue weighted by Crippen LogP contribution is -2.47. The van der Waals surface area contributed by atoms with Crippen LogP contribution in [0, 0.1) is 5.82 Å². The molecule has 0 aliphatic carbocycles. The second kappa shape index (κ2) is 12.9. The standard InChI is InChI=1S/C27H24Cl2FN5O5/c1-2-40-26(38)23(36)15-34(14-16-6-8-17(9-7-16)21-13-19(29)10-11-22(21)30)33-25(37)24-31-27(39)35(32-24)20-5-3-4-18(28)12-20/h3-13,23,36H,2,14-15H2,1H3,(H,33,37)(H,31,32,39). The number of benzene rings is 3. The Morgan fingerprint density at radius 1 is 1.12 bits per heavy atom. The molecule has 3 N–H and O–H groups in total. The van der Waals surface area contributed by atoms with E-state index in [1.54, 1.807) is 49.4 Å². The van der Waals surface area contributed by atoms with E-state index in [0.717, 1.165) is 4.68 Å². The quantitative estimate of drug-likeness (QED) is 0.190. The van der Waals surface area contributed by atoms with E-state index in [2.05, 4.69) is 15.5 Å². The Hall–Kier alpha value is -4.03. The summed E-state index contributed by atoms with van der Waals surface area (Å²) in [5.74, 6) is -2.42. The molecule has 0 fully saturated rings. The van der Waals surface area contributed by atoms with Gasteiger partial charge in [0.2, 0.25) is 5.82 Å². The summed E-state index contributed by atoms with van der Waals surface area (Å²) in [6, 6.07) is 17.3. The number of hydrogen-bond acceptors (Lipinski definition) is 7. The van der Waals surface area contributed by atoms with Crippen molar-refractivity contribution in [3.8, 4) is 16.8 Å². The summed E-state index contributed by atoms with van der Waals surface area (Å²) in [6.07, 6.45) is -1.58. The highest BCUT2D eigenvalue weighted by atomic mass is 35.5. The summed E-state index contributed by atoms with van der Waals surface area (Å²) in [5, 5.41) is 16.4. The topological polar surface area (TPSA) is 130 Å². The number of aliphatic hydroxyl groups is 1. The summed E-state index contributed by atoms with van der Waals surface area (Å²) in [7, 11) is 0. The molecule has 4 rings (SSSR count). The number of ether oxygens (including phenoxy) is 1. The van der Waals surface area contributed by atoms with Gasteiger partial charge in [-0.05, 0) is 54.4 Å². The predicted octanol–water partition coefficient (Wildman–Crippen LogP) is 3.74. The van der Waals surface area contributed by atoms with Crippen molar-refractivity contribution in [3.05, 3.63) is 104 Å². The second-order valence-corrected chi connectivity index (χ2v) is 9.45. The molecule has 0 saturated heterocycles. The van der Waals surface area contributed by atoms with Gasteiger partial charge in [0.1, 0.15) is 5.82 Å². The van der Waals surface area contributed by atoms with Crippen LogP contribution < -0.4 is 11.1 Å². The molecule has 0 radical (unpaired) electrons. The number of halogens is 3. The molecular formula is C27H24Cl2FN5O5. The van der Waals surface area contributed by atoms with E-state index in [1.807, 2.05) is 0 Å². The maximum atomic E-state index is 14.3. The number of esters is 1. The Kier molecular flexibility index (Phi) is 9.33. The van der Waals surface area contributed by atoms with Crippen molar-refractivity contribution in [2.45, 2.75) is 19.6 Å². The zero-order valence-corrected chi connectivity index (χ0v) is 22.6. The largest absolute Gasteiger partial charge is 0.464 e. The van der Waals surface area contributed by atoms with Crippen molar-refractivity contribution in [3.63, 3.8) is 0 Å². The third kappa shape index (κ3) is 7.13. The van der Waals surface area contributed by atoms with Crippen LogP contribution in [-0.2, 0) is 16.1 Å². The first-order valence-electron chi connectivity index (χ1n) is 12.0. The average molecular weight is 588 g/mol. The molecule has 10 nitrogen and oxygen atoms in total. The molecule has 0 saturated carbocycles. The lowest BCUT2D eigenvalue weighted by Gasteiger charge is -2.24. The monoisotopic (exact) mass is 587 g/mol. The fourth-order valence-electron chi connectivity index (χ4n) is 3.81. The Balaban J connectivity index is 1.55. The van der Waals surface area contributed by atoms with Crippen molar-refractivity contribution in [1.82, 2.24) is 25.2 Å². The number of rotatable bonds is 10. The molecule has 4 aromatic rings. The summed E-state index contributed by atoms with van der Waals surface area (Å²) in [4.78, 5) is 39.9. The number of hydrazine groups is 1. The van der Waals surface area contributed by atoms with E-state index in [0.29, 0.717) is 32.4 Å². The molecule has 3 aromatic carbocycles. The molecular weight excluding hydrogens is 564 g/mol. The van der Waals surface area contributed by atoms with Crippen LogP contribution in [0.25, 0.3) is 16.8 Å². The van der Waals surface area contributed by atoms with Gasteiger partial charge < -0.3 is 9.84 Å². The number of hydrogen-bond donors (Lipinski definition) is 3. The Labute approximate surface area is 237 Å². The Bertz CT molecular complexity index is 1570. The Morgan fingerprint density at radius 3 is 2.55 bits per heavy atom. The zero-order chi connectivity index (χ0) is 28.8. The number of aromatic nitrogens is 3. The van der Waals surface area contributed by atoms with Gasteiger partial charge in [-0.3, -0.25) is 15.2 Å². The minimum Gasteiger partial charge on any atom is -0.464 e. The van der Waals surface area contributed by atoms with Gasteiger partial charge in [0.15, 0.2) is 6.10 Å². The molecule has 0 spiro atoms. The van der Waals surface area contributed by atoms with Crippen LogP contribution in [0.4, 0.5) is 4.39 Å². The molecule has 208 valence electrons. The fourth-order valence-corrected chi connectivity index (χ4v) is 4.16. The number of aliphatic hydroxyl groups excluding tert-OH is 1. The van der Waals surface area contributed by atoms with E-state index >= 15 is 0 Å². The molecule has 0 aliphatic heterocycles. The second-order valence-electron chi connectivity index (χ2n) is 8.58. The van der Waals surface area contributed by atoms with Gasteiger partial charge in [-0.25, -0.2) is 19.0 Å². The normalized spacial score (nSPS) is 11.8. The van der Waals surface area contributed by atoms with Gasteiger partial charge in [-0.1, -0.05) is 53.5 Å². The number of carbonyl (C=O) groups is 2. The first-order valence-corrected chi connectivity index (χ1v) is 12.8. The van der Waals surface area contributed by atoms with Gasteiger partial charge in [0.25, 0.3) is 0 Å². The highest BCUT2D eigenvalue weighted by Gasteiger charge is 2.24. The maximum absolute atomic E-state index is 14.3. The zero-order valence-electron chi connectivity index (χ0n) is 21.1. The van der Waals surface area contributed by atoms with Gasteiger partial charge in [0.05, 0.1) is 18.8 Å². The third-order valence-corrected chi connectivity index (χ3v) is 6.13. The molecule has 0 aliphatic rings. The summed E-state index contributed by atoms with van der Waals surface area (Å²) >= 11 is 12.0. The Morgan fingerprint density at radius 2 is 1.85 bits per heavy atom. The SMILES string of the molecule is CCOC(=O)C(O)CN(Cc1ccc(-c2cc(Cl)ccc2F)cc1)NC(=O)c1nn(-c2cccc(Cl)c2)c(=O)[nH]1. The van der Waals surface area contributed by atoms with Crippen molar-refractivity contribution in [2.75, 3.05) is 13.2 Å². The molecule has 1 atom stereocenters. The van der Waals surface area contributed by atoms with Gasteiger partial charge in [-0.2, -0.15) is 4.68 Å². The lowest BCUT2D eigenvalue weighted by atomic mass is 10.0. The third-order valence-electron chi connectivity index (χ3n) is 5.66. The molecule has 1 amide bonds. The van der Waals surface area contributed by atoms with Crippen LogP contribution in [-0.4, -0.2) is 56.0 Å². The lowest BCUT2D eigenvalue weighted by molar-refractivity contribution is -0.154. The average Bonchev–Trinajstić information content (AvgIpc) is 3.32. The maximum Gasteiger partial charge on any atom is 0.348 e. The van der Waals surface area contributed by atoms with Gasteiger partial charge in [0, 0.05) is 22.2 Å². The van der Waals surface area contributed by atoms with Crippen molar-refractivity contribution in [1.29, 1.82) is 0 Å². The van der Waals surface area contributed by atoms with Crippen molar-refractivity contribution >= 4 is 35.1 Å².